The van der Waals surface area contributed by atoms with Crippen LogP contribution in [0.15, 0.2) is 85.1 Å². The number of hydrogen-bond donors (Lipinski definition) is 1. The van der Waals surface area contributed by atoms with E-state index in [0.717, 1.165) is 70.6 Å². The molecule has 0 saturated carbocycles. The number of allylic oxidation sites excluding steroid dienone is 14. The minimum Gasteiger partial charge on any atom is -0.457 e. The molecule has 0 aromatic rings. The number of ether oxygens (including phenoxy) is 2. The van der Waals surface area contributed by atoms with Crippen LogP contribution in [0.3, 0.4) is 0 Å². The van der Waals surface area contributed by atoms with Crippen molar-refractivity contribution in [3.63, 3.8) is 0 Å². The summed E-state index contributed by atoms with van der Waals surface area (Å²) in [6.45, 7) is 5.18. The Hall–Kier alpha value is -2.43. The Morgan fingerprint density at radius 2 is 0.818 bits per heavy atom. The molecular formula is C51H88O4. The molecule has 0 aromatic carbocycles. The smallest absolute Gasteiger partial charge is 0.306 e. The van der Waals surface area contributed by atoms with Gasteiger partial charge in [0.25, 0.3) is 0 Å². The number of aliphatic hydroxyl groups is 1. The lowest BCUT2D eigenvalue weighted by Crippen LogP contribution is -2.27. The average molecular weight is 765 g/mol. The molecular weight excluding hydrogens is 677 g/mol. The van der Waals surface area contributed by atoms with Crippen molar-refractivity contribution in [2.24, 2.45) is 0 Å². The lowest BCUT2D eigenvalue weighted by Gasteiger charge is -2.16. The van der Waals surface area contributed by atoms with E-state index in [1.165, 1.54) is 116 Å². The summed E-state index contributed by atoms with van der Waals surface area (Å²) in [5, 5.41) is 9.63. The van der Waals surface area contributed by atoms with Crippen LogP contribution in [0.1, 0.15) is 206 Å². The number of carbonyl (C=O) groups is 1. The highest BCUT2D eigenvalue weighted by Gasteiger charge is 2.13. The van der Waals surface area contributed by atoms with Crippen molar-refractivity contribution in [1.29, 1.82) is 0 Å². The van der Waals surface area contributed by atoms with Gasteiger partial charge in [0, 0.05) is 13.0 Å². The van der Waals surface area contributed by atoms with E-state index in [1.807, 2.05) is 0 Å². The zero-order valence-corrected chi connectivity index (χ0v) is 36.2. The Morgan fingerprint density at radius 1 is 0.455 bits per heavy atom. The maximum atomic E-state index is 12.2. The fraction of sp³-hybridized carbons (Fsp3) is 0.706. The van der Waals surface area contributed by atoms with Gasteiger partial charge >= 0.3 is 5.97 Å². The topological polar surface area (TPSA) is 55.8 Å². The van der Waals surface area contributed by atoms with E-state index in [-0.39, 0.29) is 19.2 Å². The summed E-state index contributed by atoms with van der Waals surface area (Å²) in [6.07, 6.45) is 66.5. The Balaban J connectivity index is 3.47. The van der Waals surface area contributed by atoms with Crippen LogP contribution >= 0.6 is 0 Å². The van der Waals surface area contributed by atoms with Gasteiger partial charge in [0.2, 0.25) is 0 Å². The van der Waals surface area contributed by atoms with Gasteiger partial charge in [-0.2, -0.15) is 0 Å². The standard InChI is InChI=1S/C51H88O4/c1-3-5-7-9-11-13-15-17-19-21-23-24-25-26-27-29-31-33-35-37-39-41-43-45-47-54-49-50(48-52)55-51(53)46-44-42-40-38-36-34-32-30-28-22-20-18-16-14-12-10-8-6-4-2/h5,7,11-14,17-20,23-24,28,30,50,52H,3-4,6,8-10,15-16,21-22,25-27,29,31-49H2,1-2H3/b7-5-,13-11-,14-12-,19-17-,20-18-,24-23-,30-28-. The van der Waals surface area contributed by atoms with E-state index in [9.17, 15) is 9.90 Å². The van der Waals surface area contributed by atoms with Crippen molar-refractivity contribution in [1.82, 2.24) is 0 Å². The second kappa shape index (κ2) is 47.7. The summed E-state index contributed by atoms with van der Waals surface area (Å²) >= 11 is 0. The highest BCUT2D eigenvalue weighted by atomic mass is 16.6. The monoisotopic (exact) mass is 765 g/mol. The van der Waals surface area contributed by atoms with Gasteiger partial charge in [0.15, 0.2) is 0 Å². The summed E-state index contributed by atoms with van der Waals surface area (Å²) < 4.78 is 11.2. The van der Waals surface area contributed by atoms with Crippen LogP contribution < -0.4 is 0 Å². The van der Waals surface area contributed by atoms with Gasteiger partial charge < -0.3 is 14.6 Å². The van der Waals surface area contributed by atoms with Crippen molar-refractivity contribution in [3.8, 4) is 0 Å². The van der Waals surface area contributed by atoms with E-state index in [4.69, 9.17) is 9.47 Å². The van der Waals surface area contributed by atoms with Crippen LogP contribution in [-0.4, -0.2) is 37.0 Å². The molecule has 1 unspecified atom stereocenters. The zero-order chi connectivity index (χ0) is 39.8. The fourth-order valence-corrected chi connectivity index (χ4v) is 6.27. The molecule has 1 N–H and O–H groups in total. The molecule has 55 heavy (non-hydrogen) atoms. The number of aliphatic hydroxyl groups excluding tert-OH is 1. The molecule has 0 aliphatic rings. The highest BCUT2D eigenvalue weighted by molar-refractivity contribution is 5.69. The minimum absolute atomic E-state index is 0.182. The molecule has 4 nitrogen and oxygen atoms in total. The van der Waals surface area contributed by atoms with Crippen molar-refractivity contribution in [2.45, 2.75) is 213 Å². The van der Waals surface area contributed by atoms with Gasteiger partial charge in [-0.1, -0.05) is 195 Å². The Kier molecular flexibility index (Phi) is 45.6. The van der Waals surface area contributed by atoms with E-state index in [0.29, 0.717) is 13.0 Å². The molecule has 0 radical (unpaired) electrons. The van der Waals surface area contributed by atoms with Crippen LogP contribution in [0.4, 0.5) is 0 Å². The SMILES string of the molecule is CC/C=C\C/C=C\C/C=C\C/C=C\CCCCCCCCCCCCCOCC(CO)OC(=O)CCCCCCCC/C=C\C/C=C\C/C=C\CCCCC. The molecule has 0 aromatic heterocycles. The van der Waals surface area contributed by atoms with Crippen LogP contribution in [0.5, 0.6) is 0 Å². The quantitative estimate of drug-likeness (QED) is 0.0382. The second-order valence-corrected chi connectivity index (χ2v) is 15.1. The summed E-state index contributed by atoms with van der Waals surface area (Å²) in [5.74, 6) is -0.216. The normalized spacial score (nSPS) is 13.1. The molecule has 0 amide bonds. The van der Waals surface area contributed by atoms with Crippen LogP contribution in [0.25, 0.3) is 0 Å². The molecule has 0 spiro atoms. The number of rotatable bonds is 42. The predicted molar refractivity (Wildman–Crippen MR) is 242 cm³/mol. The maximum Gasteiger partial charge on any atom is 0.306 e. The van der Waals surface area contributed by atoms with E-state index < -0.39 is 6.10 Å². The Bertz CT molecular complexity index is 985. The van der Waals surface area contributed by atoms with Crippen LogP contribution in [0, 0.1) is 0 Å². The third kappa shape index (κ3) is 45.9. The molecule has 0 aliphatic carbocycles. The molecule has 0 rings (SSSR count). The average Bonchev–Trinajstić information content (AvgIpc) is 3.19. The molecule has 316 valence electrons. The van der Waals surface area contributed by atoms with E-state index in [2.05, 4.69) is 98.9 Å². The first-order valence-electron chi connectivity index (χ1n) is 23.2. The molecule has 0 heterocycles. The molecule has 1 atom stereocenters. The zero-order valence-electron chi connectivity index (χ0n) is 36.2. The predicted octanol–water partition coefficient (Wildman–Crippen LogP) is 15.5. The van der Waals surface area contributed by atoms with Gasteiger partial charge in [0.1, 0.15) is 6.10 Å². The van der Waals surface area contributed by atoms with E-state index in [1.54, 1.807) is 0 Å². The van der Waals surface area contributed by atoms with Crippen molar-refractivity contribution in [2.75, 3.05) is 19.8 Å². The summed E-state index contributed by atoms with van der Waals surface area (Å²) in [7, 11) is 0. The first kappa shape index (κ1) is 52.6. The Labute approximate surface area is 341 Å². The van der Waals surface area contributed by atoms with Crippen molar-refractivity contribution >= 4 is 5.97 Å². The molecule has 0 fully saturated rings. The van der Waals surface area contributed by atoms with Gasteiger partial charge in [-0.25, -0.2) is 0 Å². The minimum atomic E-state index is -0.548. The number of carbonyl (C=O) groups excluding carboxylic acids is 1. The highest BCUT2D eigenvalue weighted by Crippen LogP contribution is 2.13. The molecule has 0 aliphatic heterocycles. The van der Waals surface area contributed by atoms with Crippen molar-refractivity contribution < 1.29 is 19.4 Å². The first-order valence-corrected chi connectivity index (χ1v) is 23.2. The molecule has 4 heteroatoms. The first-order chi connectivity index (χ1) is 27.2. The lowest BCUT2D eigenvalue weighted by molar-refractivity contribution is -0.154. The van der Waals surface area contributed by atoms with Crippen molar-refractivity contribution in [3.05, 3.63) is 85.1 Å². The number of unbranched alkanes of at least 4 members (excludes halogenated alkanes) is 20. The van der Waals surface area contributed by atoms with Crippen LogP contribution in [0.2, 0.25) is 0 Å². The third-order valence-corrected chi connectivity index (χ3v) is 9.70. The summed E-state index contributed by atoms with van der Waals surface area (Å²) in [5.41, 5.74) is 0. The lowest BCUT2D eigenvalue weighted by atomic mass is 10.1. The largest absolute Gasteiger partial charge is 0.457 e. The third-order valence-electron chi connectivity index (χ3n) is 9.70. The summed E-state index contributed by atoms with van der Waals surface area (Å²) in [6, 6.07) is 0. The van der Waals surface area contributed by atoms with Gasteiger partial charge in [-0.15, -0.1) is 0 Å². The number of esters is 1. The van der Waals surface area contributed by atoms with E-state index >= 15 is 0 Å². The van der Waals surface area contributed by atoms with Gasteiger partial charge in [-0.3, -0.25) is 4.79 Å². The fourth-order valence-electron chi connectivity index (χ4n) is 6.27. The molecule has 0 bridgehead atoms. The van der Waals surface area contributed by atoms with Gasteiger partial charge in [0.05, 0.1) is 13.2 Å². The summed E-state index contributed by atoms with van der Waals surface area (Å²) in [4.78, 5) is 12.2. The van der Waals surface area contributed by atoms with Crippen LogP contribution in [-0.2, 0) is 14.3 Å². The second-order valence-electron chi connectivity index (χ2n) is 15.1. The Morgan fingerprint density at radius 3 is 1.24 bits per heavy atom. The maximum absolute atomic E-state index is 12.2. The molecule has 0 saturated heterocycles. The van der Waals surface area contributed by atoms with Gasteiger partial charge in [-0.05, 0) is 89.9 Å². The number of hydrogen-bond acceptors (Lipinski definition) is 4.